The number of allylic oxidation sites excluding steroid dienone is 1. The molecule has 3 heteroatoms. The molecule has 0 heterocycles. The maximum Gasteiger partial charge on any atom is 0.508 e. The predicted molar refractivity (Wildman–Crippen MR) is 149 cm³/mol. The molecule has 0 bridgehead atoms. The maximum absolute atomic E-state index is 12.2. The summed E-state index contributed by atoms with van der Waals surface area (Å²) in [4.78, 5) is 12.2. The Morgan fingerprint density at radius 3 is 2.42 bits per heavy atom. The molecule has 0 N–H and O–H groups in total. The summed E-state index contributed by atoms with van der Waals surface area (Å²) in [7, 11) is 0. The highest BCUT2D eigenvalue weighted by Gasteiger charge is 2.59. The van der Waals surface area contributed by atoms with Gasteiger partial charge in [0.05, 0.1) is 6.61 Å². The van der Waals surface area contributed by atoms with E-state index in [4.69, 9.17) is 9.47 Å². The van der Waals surface area contributed by atoms with E-state index in [1.807, 2.05) is 0 Å². The maximum atomic E-state index is 12.2. The van der Waals surface area contributed by atoms with Crippen molar-refractivity contribution in [1.29, 1.82) is 0 Å². The smallest absolute Gasteiger partial charge is 0.434 e. The standard InChI is InChI=1S/C33H56O3/c1-22(2)9-8-10-24(5)28-13-14-29-27-12-11-25-21-26(36-31(34)35-20-17-23(3)4)15-18-32(25,6)30(27)16-19-33(28,29)7/h11,22-24,26-30H,8-10,12-21H2,1-7H3. The number of fused-ring (bicyclic) bond motifs is 5. The summed E-state index contributed by atoms with van der Waals surface area (Å²) >= 11 is 0. The molecule has 206 valence electrons. The minimum atomic E-state index is -0.466. The zero-order valence-electron chi connectivity index (χ0n) is 24.6. The molecule has 0 aromatic carbocycles. The van der Waals surface area contributed by atoms with Crippen LogP contribution in [-0.2, 0) is 9.47 Å². The molecule has 0 saturated heterocycles. The van der Waals surface area contributed by atoms with Gasteiger partial charge in [0.2, 0.25) is 0 Å². The lowest BCUT2D eigenvalue weighted by Gasteiger charge is -2.58. The summed E-state index contributed by atoms with van der Waals surface area (Å²) < 4.78 is 11.1. The Kier molecular flexibility index (Phi) is 8.88. The topological polar surface area (TPSA) is 35.5 Å². The third-order valence-corrected chi connectivity index (χ3v) is 11.4. The second-order valence-corrected chi connectivity index (χ2v) is 14.6. The highest BCUT2D eigenvalue weighted by atomic mass is 16.7. The highest BCUT2D eigenvalue weighted by Crippen LogP contribution is 2.67. The Morgan fingerprint density at radius 1 is 0.944 bits per heavy atom. The van der Waals surface area contributed by atoms with Gasteiger partial charge in [-0.1, -0.05) is 79.4 Å². The van der Waals surface area contributed by atoms with Crippen LogP contribution in [0.3, 0.4) is 0 Å². The quantitative estimate of drug-likeness (QED) is 0.233. The Labute approximate surface area is 222 Å². The first-order chi connectivity index (χ1) is 17.0. The second-order valence-electron chi connectivity index (χ2n) is 14.6. The molecule has 8 unspecified atom stereocenters. The van der Waals surface area contributed by atoms with Gasteiger partial charge in [0, 0.05) is 6.42 Å². The first-order valence-electron chi connectivity index (χ1n) is 15.6. The molecule has 3 saturated carbocycles. The average Bonchev–Trinajstić information content (AvgIpc) is 3.16. The van der Waals surface area contributed by atoms with Crippen LogP contribution >= 0.6 is 0 Å². The third-order valence-electron chi connectivity index (χ3n) is 11.4. The van der Waals surface area contributed by atoms with Crippen LogP contribution in [0.25, 0.3) is 0 Å². The SMILES string of the molecule is CC(C)CCCC(C)C1CCC2C3CC=C4CC(OC(=O)OCCC(C)C)CCC4(C)C3CCC12C. The number of ether oxygens (including phenoxy) is 2. The van der Waals surface area contributed by atoms with Crippen LogP contribution in [0.4, 0.5) is 4.79 Å². The van der Waals surface area contributed by atoms with Gasteiger partial charge >= 0.3 is 6.16 Å². The van der Waals surface area contributed by atoms with E-state index in [0.717, 1.165) is 61.2 Å². The van der Waals surface area contributed by atoms with Crippen molar-refractivity contribution >= 4 is 6.16 Å². The van der Waals surface area contributed by atoms with Gasteiger partial charge in [-0.25, -0.2) is 4.79 Å². The predicted octanol–water partition coefficient (Wildman–Crippen LogP) is 9.60. The van der Waals surface area contributed by atoms with Crippen molar-refractivity contribution in [3.05, 3.63) is 11.6 Å². The molecule has 0 spiro atoms. The number of carbonyl (C=O) groups is 1. The van der Waals surface area contributed by atoms with Crippen molar-refractivity contribution in [3.63, 3.8) is 0 Å². The Hall–Kier alpha value is -0.990. The average molecular weight is 501 g/mol. The number of carbonyl (C=O) groups excluding carboxylic acids is 1. The zero-order chi connectivity index (χ0) is 26.1. The minimum Gasteiger partial charge on any atom is -0.434 e. The van der Waals surface area contributed by atoms with Gasteiger partial charge in [0.15, 0.2) is 0 Å². The number of hydrogen-bond donors (Lipinski definition) is 0. The number of hydrogen-bond acceptors (Lipinski definition) is 3. The molecular formula is C33H56O3. The van der Waals surface area contributed by atoms with Crippen molar-refractivity contribution in [2.24, 2.45) is 52.3 Å². The van der Waals surface area contributed by atoms with Crippen LogP contribution in [0.5, 0.6) is 0 Å². The van der Waals surface area contributed by atoms with E-state index in [1.54, 1.807) is 5.57 Å². The molecule has 4 rings (SSSR count). The summed E-state index contributed by atoms with van der Waals surface area (Å²) in [6, 6.07) is 0. The van der Waals surface area contributed by atoms with E-state index in [-0.39, 0.29) is 6.10 Å². The lowest BCUT2D eigenvalue weighted by atomic mass is 9.47. The fourth-order valence-corrected chi connectivity index (χ4v) is 9.30. The van der Waals surface area contributed by atoms with Crippen molar-refractivity contribution in [2.45, 2.75) is 132 Å². The molecule has 4 aliphatic rings. The van der Waals surface area contributed by atoms with Gasteiger partial charge in [-0.3, -0.25) is 0 Å². The summed E-state index contributed by atoms with van der Waals surface area (Å²) in [5.41, 5.74) is 2.42. The summed E-state index contributed by atoms with van der Waals surface area (Å²) in [6.45, 7) is 17.3. The van der Waals surface area contributed by atoms with Gasteiger partial charge in [0.25, 0.3) is 0 Å². The minimum absolute atomic E-state index is 0.0103. The Balaban J connectivity index is 1.37. The van der Waals surface area contributed by atoms with Gasteiger partial charge in [0.1, 0.15) is 6.10 Å². The molecule has 0 aromatic heterocycles. The van der Waals surface area contributed by atoms with E-state index in [0.29, 0.717) is 23.4 Å². The van der Waals surface area contributed by atoms with Crippen LogP contribution in [0, 0.1) is 52.3 Å². The van der Waals surface area contributed by atoms with Crippen molar-refractivity contribution < 1.29 is 14.3 Å². The molecule has 0 amide bonds. The summed E-state index contributed by atoms with van der Waals surface area (Å²) in [5, 5.41) is 0. The lowest BCUT2D eigenvalue weighted by molar-refractivity contribution is -0.0618. The monoisotopic (exact) mass is 500 g/mol. The first kappa shape index (κ1) is 28.0. The Morgan fingerprint density at radius 2 is 1.69 bits per heavy atom. The van der Waals surface area contributed by atoms with Crippen molar-refractivity contribution in [1.82, 2.24) is 0 Å². The Bertz CT molecular complexity index is 784. The van der Waals surface area contributed by atoms with Gasteiger partial charge in [-0.2, -0.15) is 0 Å². The van der Waals surface area contributed by atoms with E-state index in [9.17, 15) is 4.79 Å². The lowest BCUT2D eigenvalue weighted by Crippen LogP contribution is -2.51. The molecule has 3 nitrogen and oxygen atoms in total. The number of rotatable bonds is 9. The van der Waals surface area contributed by atoms with Crippen LogP contribution in [-0.4, -0.2) is 18.9 Å². The molecule has 3 fully saturated rings. The molecule has 0 radical (unpaired) electrons. The van der Waals surface area contributed by atoms with Crippen LogP contribution in [0.1, 0.15) is 126 Å². The molecule has 8 atom stereocenters. The largest absolute Gasteiger partial charge is 0.508 e. The van der Waals surface area contributed by atoms with Crippen LogP contribution < -0.4 is 0 Å². The van der Waals surface area contributed by atoms with Gasteiger partial charge in [-0.05, 0) is 104 Å². The van der Waals surface area contributed by atoms with Crippen molar-refractivity contribution in [2.75, 3.05) is 6.61 Å². The van der Waals surface area contributed by atoms with Gasteiger partial charge < -0.3 is 9.47 Å². The fourth-order valence-electron chi connectivity index (χ4n) is 9.30. The molecule has 0 aliphatic heterocycles. The van der Waals surface area contributed by atoms with Crippen molar-refractivity contribution in [3.8, 4) is 0 Å². The van der Waals surface area contributed by atoms with E-state index in [2.05, 4.69) is 54.5 Å². The highest BCUT2D eigenvalue weighted by molar-refractivity contribution is 5.60. The molecule has 4 aliphatic carbocycles. The zero-order valence-corrected chi connectivity index (χ0v) is 24.6. The molecular weight excluding hydrogens is 444 g/mol. The summed E-state index contributed by atoms with van der Waals surface area (Å²) in [5.74, 6) is 5.71. The fraction of sp³-hybridized carbons (Fsp3) is 0.909. The van der Waals surface area contributed by atoms with Gasteiger partial charge in [-0.15, -0.1) is 0 Å². The van der Waals surface area contributed by atoms with E-state index < -0.39 is 6.16 Å². The van der Waals surface area contributed by atoms with E-state index in [1.165, 1.54) is 51.4 Å². The third kappa shape index (κ3) is 5.70. The second kappa shape index (κ2) is 11.4. The molecule has 0 aromatic rings. The van der Waals surface area contributed by atoms with Crippen LogP contribution in [0.15, 0.2) is 11.6 Å². The first-order valence-corrected chi connectivity index (χ1v) is 15.6. The normalized spacial score (nSPS) is 38.7. The summed E-state index contributed by atoms with van der Waals surface area (Å²) in [6.07, 6.45) is 17.2. The van der Waals surface area contributed by atoms with Crippen LogP contribution in [0.2, 0.25) is 0 Å². The molecule has 36 heavy (non-hydrogen) atoms. The van der Waals surface area contributed by atoms with E-state index >= 15 is 0 Å².